The summed E-state index contributed by atoms with van der Waals surface area (Å²) in [6, 6.07) is 6.30. The average molecular weight is 195 g/mol. The van der Waals surface area contributed by atoms with Crippen LogP contribution in [-0.2, 0) is 0 Å². The largest absolute Gasteiger partial charge is 0.492 e. The van der Waals surface area contributed by atoms with Gasteiger partial charge in [-0.3, -0.25) is 0 Å². The van der Waals surface area contributed by atoms with Crippen LogP contribution in [0.25, 0.3) is 0 Å². The Balaban J connectivity index is 2.54. The average Bonchev–Trinajstić information content (AvgIpc) is 2.16. The van der Waals surface area contributed by atoms with Gasteiger partial charge in [-0.1, -0.05) is 0 Å². The summed E-state index contributed by atoms with van der Waals surface area (Å²) in [6.45, 7) is 0.948. The number of rotatable bonds is 4. The summed E-state index contributed by atoms with van der Waals surface area (Å²) in [7, 11) is 0. The summed E-state index contributed by atoms with van der Waals surface area (Å²) in [5.74, 6) is 0.713. The molecule has 0 fully saturated rings. The molecule has 76 valence electrons. The van der Waals surface area contributed by atoms with Crippen LogP contribution in [-0.4, -0.2) is 19.2 Å². The Hall–Kier alpha value is -1.75. The molecule has 0 radical (unpaired) electrons. The predicted octanol–water partition coefficient (Wildman–Crippen LogP) is 0.515. The fourth-order valence-electron chi connectivity index (χ4n) is 0.954. The highest BCUT2D eigenvalue weighted by atomic mass is 16.5. The van der Waals surface area contributed by atoms with Crippen molar-refractivity contribution in [1.82, 2.24) is 0 Å². The number of anilines is 1. The van der Waals surface area contributed by atoms with Crippen molar-refractivity contribution in [2.24, 2.45) is 11.5 Å². The molecule has 0 spiro atoms. The van der Waals surface area contributed by atoms with Crippen LogP contribution in [0.4, 0.5) is 10.5 Å². The molecule has 1 aromatic rings. The quantitative estimate of drug-likeness (QED) is 0.654. The molecule has 0 aliphatic heterocycles. The first-order valence-corrected chi connectivity index (χ1v) is 4.22. The van der Waals surface area contributed by atoms with E-state index < -0.39 is 6.03 Å². The van der Waals surface area contributed by atoms with Crippen molar-refractivity contribution in [1.29, 1.82) is 0 Å². The zero-order chi connectivity index (χ0) is 10.4. The number of amides is 2. The zero-order valence-electron chi connectivity index (χ0n) is 7.69. The van der Waals surface area contributed by atoms with E-state index in [1.807, 2.05) is 0 Å². The Kier molecular flexibility index (Phi) is 3.75. The van der Waals surface area contributed by atoms with E-state index in [1.54, 1.807) is 24.3 Å². The van der Waals surface area contributed by atoms with Crippen LogP contribution >= 0.6 is 0 Å². The second kappa shape index (κ2) is 5.08. The molecule has 0 aromatic heterocycles. The summed E-state index contributed by atoms with van der Waals surface area (Å²) in [5.41, 5.74) is 10.9. The molecule has 0 aliphatic rings. The van der Waals surface area contributed by atoms with Crippen molar-refractivity contribution in [3.05, 3.63) is 24.3 Å². The number of nitrogens with two attached hydrogens (primary N) is 2. The first-order valence-electron chi connectivity index (χ1n) is 4.22. The second-order valence-electron chi connectivity index (χ2n) is 2.65. The van der Waals surface area contributed by atoms with E-state index in [0.29, 0.717) is 24.6 Å². The zero-order valence-corrected chi connectivity index (χ0v) is 7.69. The molecule has 0 atom stereocenters. The van der Waals surface area contributed by atoms with Crippen LogP contribution in [0.2, 0.25) is 0 Å². The smallest absolute Gasteiger partial charge is 0.316 e. The number of primary amides is 1. The van der Waals surface area contributed by atoms with Gasteiger partial charge in [-0.05, 0) is 24.3 Å². The van der Waals surface area contributed by atoms with E-state index in [-0.39, 0.29) is 0 Å². The lowest BCUT2D eigenvalue weighted by Crippen LogP contribution is -2.19. The first kappa shape index (κ1) is 10.3. The minimum Gasteiger partial charge on any atom is -0.492 e. The highest BCUT2D eigenvalue weighted by Gasteiger charge is 1.96. The van der Waals surface area contributed by atoms with Crippen molar-refractivity contribution in [2.45, 2.75) is 0 Å². The molecule has 0 bridgehead atoms. The number of benzene rings is 1. The van der Waals surface area contributed by atoms with E-state index in [0.717, 1.165) is 0 Å². The summed E-state index contributed by atoms with van der Waals surface area (Å²) in [5, 5.41) is 2.45. The maximum absolute atomic E-state index is 10.5. The Morgan fingerprint density at radius 1 is 1.36 bits per heavy atom. The minimum atomic E-state index is -0.583. The van der Waals surface area contributed by atoms with Gasteiger partial charge in [0.15, 0.2) is 0 Å². The van der Waals surface area contributed by atoms with Gasteiger partial charge < -0.3 is 21.5 Å². The van der Waals surface area contributed by atoms with Crippen molar-refractivity contribution < 1.29 is 9.53 Å². The topological polar surface area (TPSA) is 90.4 Å². The Bertz CT molecular complexity index is 297. The number of hydrogen-bond acceptors (Lipinski definition) is 3. The third-order valence-electron chi connectivity index (χ3n) is 1.51. The van der Waals surface area contributed by atoms with Gasteiger partial charge in [0.25, 0.3) is 0 Å². The van der Waals surface area contributed by atoms with Gasteiger partial charge in [0, 0.05) is 12.2 Å². The predicted molar refractivity (Wildman–Crippen MR) is 54.2 cm³/mol. The van der Waals surface area contributed by atoms with E-state index in [4.69, 9.17) is 16.2 Å². The van der Waals surface area contributed by atoms with Gasteiger partial charge in [-0.25, -0.2) is 4.79 Å². The number of carbonyl (C=O) groups is 1. The van der Waals surface area contributed by atoms with Gasteiger partial charge in [0.1, 0.15) is 12.4 Å². The van der Waals surface area contributed by atoms with Crippen LogP contribution in [0.1, 0.15) is 0 Å². The van der Waals surface area contributed by atoms with E-state index in [1.165, 1.54) is 0 Å². The molecule has 2 amide bonds. The van der Waals surface area contributed by atoms with Gasteiger partial charge >= 0.3 is 6.03 Å². The van der Waals surface area contributed by atoms with Gasteiger partial charge in [0.05, 0.1) is 0 Å². The lowest BCUT2D eigenvalue weighted by Gasteiger charge is -2.05. The minimum absolute atomic E-state index is 0.473. The molecular weight excluding hydrogens is 182 g/mol. The third kappa shape index (κ3) is 3.32. The first-order chi connectivity index (χ1) is 6.72. The lowest BCUT2D eigenvalue weighted by atomic mass is 10.3. The van der Waals surface area contributed by atoms with Gasteiger partial charge in [-0.2, -0.15) is 0 Å². The molecule has 0 saturated heterocycles. The molecule has 1 rings (SSSR count). The molecule has 5 heteroatoms. The van der Waals surface area contributed by atoms with Crippen LogP contribution in [0.5, 0.6) is 5.75 Å². The van der Waals surface area contributed by atoms with Gasteiger partial charge in [0.2, 0.25) is 0 Å². The fraction of sp³-hybridized carbons (Fsp3) is 0.222. The molecular formula is C9H13N3O2. The number of hydrogen-bond donors (Lipinski definition) is 3. The van der Waals surface area contributed by atoms with Crippen LogP contribution in [0, 0.1) is 0 Å². The van der Waals surface area contributed by atoms with Crippen molar-refractivity contribution in [3.8, 4) is 5.75 Å². The maximum Gasteiger partial charge on any atom is 0.316 e. The Morgan fingerprint density at radius 2 is 2.00 bits per heavy atom. The van der Waals surface area contributed by atoms with Crippen LogP contribution < -0.4 is 21.5 Å². The number of urea groups is 1. The number of ether oxygens (including phenoxy) is 1. The molecule has 1 aromatic carbocycles. The molecule has 0 saturated carbocycles. The summed E-state index contributed by atoms with van der Waals surface area (Å²) in [6.07, 6.45) is 0. The molecule has 14 heavy (non-hydrogen) atoms. The van der Waals surface area contributed by atoms with Crippen molar-refractivity contribution >= 4 is 11.7 Å². The van der Waals surface area contributed by atoms with E-state index >= 15 is 0 Å². The molecule has 0 unspecified atom stereocenters. The highest BCUT2D eigenvalue weighted by Crippen LogP contribution is 2.14. The van der Waals surface area contributed by atoms with Crippen molar-refractivity contribution in [3.63, 3.8) is 0 Å². The Morgan fingerprint density at radius 3 is 2.50 bits per heavy atom. The molecule has 5 N–H and O–H groups in total. The standard InChI is InChI=1S/C9H13N3O2/c10-5-6-14-8-3-1-7(2-4-8)12-9(11)13/h1-4H,5-6,10H2,(H3,11,12,13). The summed E-state index contributed by atoms with van der Waals surface area (Å²) < 4.78 is 5.25. The third-order valence-corrected chi connectivity index (χ3v) is 1.51. The SMILES string of the molecule is NCCOc1ccc(NC(N)=O)cc1. The van der Waals surface area contributed by atoms with Crippen LogP contribution in [0.3, 0.4) is 0 Å². The lowest BCUT2D eigenvalue weighted by molar-refractivity contribution is 0.259. The monoisotopic (exact) mass is 195 g/mol. The maximum atomic E-state index is 10.5. The fourth-order valence-corrected chi connectivity index (χ4v) is 0.954. The van der Waals surface area contributed by atoms with E-state index in [2.05, 4.69) is 5.32 Å². The Labute approximate surface area is 82.0 Å². The van der Waals surface area contributed by atoms with Crippen molar-refractivity contribution in [2.75, 3.05) is 18.5 Å². The normalized spacial score (nSPS) is 9.50. The second-order valence-corrected chi connectivity index (χ2v) is 2.65. The summed E-state index contributed by atoms with van der Waals surface area (Å²) >= 11 is 0. The molecule has 0 heterocycles. The number of nitrogens with one attached hydrogen (secondary N) is 1. The van der Waals surface area contributed by atoms with Crippen LogP contribution in [0.15, 0.2) is 24.3 Å². The van der Waals surface area contributed by atoms with Gasteiger partial charge in [-0.15, -0.1) is 0 Å². The molecule has 0 aliphatic carbocycles. The number of carbonyl (C=O) groups excluding carboxylic acids is 1. The van der Waals surface area contributed by atoms with E-state index in [9.17, 15) is 4.79 Å². The highest BCUT2D eigenvalue weighted by molar-refractivity contribution is 5.87. The molecule has 5 nitrogen and oxygen atoms in total. The summed E-state index contributed by atoms with van der Waals surface area (Å²) in [4.78, 5) is 10.5.